The Morgan fingerprint density at radius 2 is 1.97 bits per heavy atom. The molecule has 2 aliphatic rings. The third-order valence-electron chi connectivity index (χ3n) is 5.64. The van der Waals surface area contributed by atoms with E-state index in [4.69, 9.17) is 14.2 Å². The Balaban J connectivity index is 1.49. The number of benzene rings is 1. The highest BCUT2D eigenvalue weighted by Crippen LogP contribution is 2.41. The third-order valence-corrected chi connectivity index (χ3v) is 5.64. The molecule has 4 aromatic rings. The van der Waals surface area contributed by atoms with Crippen molar-refractivity contribution in [1.29, 1.82) is 0 Å². The fourth-order valence-corrected chi connectivity index (χ4v) is 4.16. The quantitative estimate of drug-likeness (QED) is 0.529. The predicted molar refractivity (Wildman–Crippen MR) is 108 cm³/mol. The molecule has 0 saturated heterocycles. The molecule has 0 unspecified atom stereocenters. The summed E-state index contributed by atoms with van der Waals surface area (Å²) in [6.07, 6.45) is 4.91. The van der Waals surface area contributed by atoms with Crippen LogP contribution in [0.15, 0.2) is 36.9 Å². The maximum Gasteiger partial charge on any atom is 0.316 e. The molecule has 0 bridgehead atoms. The molecule has 0 amide bonds. The first-order chi connectivity index (χ1) is 15.2. The molecular formula is C21H17FN6O3. The molecule has 1 atom stereocenters. The second-order valence-electron chi connectivity index (χ2n) is 7.36. The van der Waals surface area contributed by atoms with Gasteiger partial charge in [-0.15, -0.1) is 10.2 Å². The van der Waals surface area contributed by atoms with Crippen LogP contribution < -0.4 is 19.5 Å². The van der Waals surface area contributed by atoms with E-state index in [0.29, 0.717) is 41.7 Å². The highest BCUT2D eigenvalue weighted by atomic mass is 19.1. The van der Waals surface area contributed by atoms with Crippen molar-refractivity contribution in [3.63, 3.8) is 0 Å². The van der Waals surface area contributed by atoms with Crippen LogP contribution >= 0.6 is 0 Å². The predicted octanol–water partition coefficient (Wildman–Crippen LogP) is 2.81. The first-order valence-corrected chi connectivity index (χ1v) is 9.77. The molecular weight excluding hydrogens is 403 g/mol. The van der Waals surface area contributed by atoms with Crippen LogP contribution in [0.3, 0.4) is 0 Å². The average Bonchev–Trinajstić information content (AvgIpc) is 3.45. The summed E-state index contributed by atoms with van der Waals surface area (Å²) in [5.41, 5.74) is 3.55. The third kappa shape index (κ3) is 2.75. The van der Waals surface area contributed by atoms with Gasteiger partial charge < -0.3 is 19.5 Å². The fourth-order valence-electron chi connectivity index (χ4n) is 4.16. The summed E-state index contributed by atoms with van der Waals surface area (Å²) in [6, 6.07) is 5.28. The zero-order valence-corrected chi connectivity index (χ0v) is 16.5. The number of ether oxygens (including phenoxy) is 3. The van der Waals surface area contributed by atoms with Crippen molar-refractivity contribution in [2.24, 2.45) is 0 Å². The molecule has 6 rings (SSSR count). The summed E-state index contributed by atoms with van der Waals surface area (Å²) < 4.78 is 33.5. The van der Waals surface area contributed by atoms with Crippen molar-refractivity contribution >= 4 is 11.5 Å². The van der Waals surface area contributed by atoms with Crippen LogP contribution in [0.4, 0.5) is 10.2 Å². The summed E-state index contributed by atoms with van der Waals surface area (Å²) >= 11 is 0. The van der Waals surface area contributed by atoms with Gasteiger partial charge in [0, 0.05) is 41.2 Å². The lowest BCUT2D eigenvalue weighted by atomic mass is 9.96. The molecule has 0 saturated carbocycles. The van der Waals surface area contributed by atoms with E-state index >= 15 is 0 Å². The minimum atomic E-state index is -0.266. The van der Waals surface area contributed by atoms with Crippen LogP contribution in [0.2, 0.25) is 0 Å². The number of hydrogen-bond donors (Lipinski definition) is 1. The lowest BCUT2D eigenvalue weighted by Gasteiger charge is -2.16. The standard InChI is InChI=1S/C21H17FN6O3/c1-29-21-24-5-11(6-25-21)13-4-17-20(28-10-26-27-19(13)28)23-7-14-15(22)2-3-16-18(14)12(8-30-16)9-31-17/h2-6,10,12,23H,7-9H2,1H3/t12-/m0/s1. The van der Waals surface area contributed by atoms with E-state index in [2.05, 4.69) is 25.5 Å². The molecule has 9 nitrogen and oxygen atoms in total. The topological polar surface area (TPSA) is 95.7 Å². The van der Waals surface area contributed by atoms with Crippen molar-refractivity contribution in [3.8, 4) is 28.6 Å². The Morgan fingerprint density at radius 1 is 1.16 bits per heavy atom. The van der Waals surface area contributed by atoms with Gasteiger partial charge >= 0.3 is 6.01 Å². The van der Waals surface area contributed by atoms with Crippen LogP contribution in [0, 0.1) is 5.82 Å². The van der Waals surface area contributed by atoms with E-state index in [0.717, 1.165) is 16.7 Å². The van der Waals surface area contributed by atoms with Gasteiger partial charge in [-0.3, -0.25) is 4.40 Å². The molecule has 31 heavy (non-hydrogen) atoms. The summed E-state index contributed by atoms with van der Waals surface area (Å²) in [4.78, 5) is 8.38. The smallest absolute Gasteiger partial charge is 0.316 e. The molecule has 0 fully saturated rings. The number of rotatable bonds is 2. The van der Waals surface area contributed by atoms with E-state index in [9.17, 15) is 4.39 Å². The molecule has 0 aliphatic carbocycles. The molecule has 10 heteroatoms. The van der Waals surface area contributed by atoms with Crippen LogP contribution in [-0.2, 0) is 6.54 Å². The Bertz CT molecular complexity index is 1310. The Kier molecular flexibility index (Phi) is 3.92. The van der Waals surface area contributed by atoms with Gasteiger partial charge in [-0.05, 0) is 18.2 Å². The highest BCUT2D eigenvalue weighted by Gasteiger charge is 2.31. The summed E-state index contributed by atoms with van der Waals surface area (Å²) in [5.74, 6) is 1.63. The van der Waals surface area contributed by atoms with Gasteiger partial charge in [-0.25, -0.2) is 14.4 Å². The Hall–Kier alpha value is -3.95. The van der Waals surface area contributed by atoms with E-state index in [1.165, 1.54) is 13.2 Å². The van der Waals surface area contributed by atoms with E-state index in [1.54, 1.807) is 29.2 Å². The van der Waals surface area contributed by atoms with Crippen LogP contribution in [0.5, 0.6) is 17.5 Å². The van der Waals surface area contributed by atoms with Gasteiger partial charge in [0.15, 0.2) is 17.2 Å². The van der Waals surface area contributed by atoms with Crippen molar-refractivity contribution in [1.82, 2.24) is 24.6 Å². The van der Waals surface area contributed by atoms with Crippen molar-refractivity contribution in [2.45, 2.75) is 12.5 Å². The molecule has 1 aromatic carbocycles. The number of fused-ring (bicyclic) bond motifs is 3. The van der Waals surface area contributed by atoms with Crippen molar-refractivity contribution < 1.29 is 18.6 Å². The maximum atomic E-state index is 14.7. The second-order valence-corrected chi connectivity index (χ2v) is 7.36. The van der Waals surface area contributed by atoms with Gasteiger partial charge in [0.25, 0.3) is 0 Å². The van der Waals surface area contributed by atoms with Crippen molar-refractivity contribution in [3.05, 3.63) is 53.9 Å². The molecule has 2 aliphatic heterocycles. The number of hydrogen-bond acceptors (Lipinski definition) is 8. The van der Waals surface area contributed by atoms with E-state index < -0.39 is 0 Å². The minimum absolute atomic E-state index is 0.0576. The first kappa shape index (κ1) is 17.9. The lowest BCUT2D eigenvalue weighted by molar-refractivity contribution is 0.249. The lowest BCUT2D eigenvalue weighted by Crippen LogP contribution is -2.13. The number of halogens is 1. The summed E-state index contributed by atoms with van der Waals surface area (Å²) in [6.45, 7) is 1.09. The Morgan fingerprint density at radius 3 is 2.77 bits per heavy atom. The van der Waals surface area contributed by atoms with Crippen LogP contribution in [0.25, 0.3) is 16.8 Å². The number of pyridine rings is 1. The number of nitrogens with one attached hydrogen (secondary N) is 1. The van der Waals surface area contributed by atoms with Gasteiger partial charge in [-0.1, -0.05) is 0 Å². The van der Waals surface area contributed by atoms with Gasteiger partial charge in [0.1, 0.15) is 17.9 Å². The molecule has 156 valence electrons. The number of aromatic nitrogens is 5. The van der Waals surface area contributed by atoms with Gasteiger partial charge in [0.2, 0.25) is 0 Å². The fraction of sp³-hybridized carbons (Fsp3) is 0.238. The highest BCUT2D eigenvalue weighted by molar-refractivity contribution is 5.81. The largest absolute Gasteiger partial charge is 0.493 e. The normalized spacial score (nSPS) is 16.8. The average molecular weight is 420 g/mol. The van der Waals surface area contributed by atoms with Crippen LogP contribution in [0.1, 0.15) is 17.0 Å². The monoisotopic (exact) mass is 420 g/mol. The minimum Gasteiger partial charge on any atom is -0.493 e. The van der Waals surface area contributed by atoms with Crippen LogP contribution in [-0.4, -0.2) is 44.9 Å². The van der Waals surface area contributed by atoms with E-state index in [-0.39, 0.29) is 24.3 Å². The maximum absolute atomic E-state index is 14.7. The Labute approximate surface area is 175 Å². The summed E-state index contributed by atoms with van der Waals surface area (Å²) in [5, 5.41) is 11.6. The first-order valence-electron chi connectivity index (χ1n) is 9.77. The molecule has 0 spiro atoms. The molecule has 0 radical (unpaired) electrons. The van der Waals surface area contributed by atoms with Gasteiger partial charge in [0.05, 0.1) is 26.2 Å². The molecule has 3 aromatic heterocycles. The van der Waals surface area contributed by atoms with Crippen molar-refractivity contribution in [2.75, 3.05) is 25.6 Å². The van der Waals surface area contributed by atoms with E-state index in [1.807, 2.05) is 6.07 Å². The zero-order valence-electron chi connectivity index (χ0n) is 16.5. The number of methoxy groups -OCH3 is 1. The SMILES string of the molecule is COc1ncc(-c2cc3c(n4cnnc24)NCc2c(F)ccc4c2[C@@H](CO4)CO3)cn1. The summed E-state index contributed by atoms with van der Waals surface area (Å²) in [7, 11) is 1.51. The second kappa shape index (κ2) is 6.79. The zero-order chi connectivity index (χ0) is 20.9. The van der Waals surface area contributed by atoms with Gasteiger partial charge in [-0.2, -0.15) is 0 Å². The number of anilines is 1. The molecule has 5 heterocycles. The molecule has 1 N–H and O–H groups in total. The number of nitrogens with zero attached hydrogens (tertiary/aromatic N) is 5.